The van der Waals surface area contributed by atoms with E-state index in [9.17, 15) is 13.2 Å². The van der Waals surface area contributed by atoms with Crippen LogP contribution < -0.4 is 5.32 Å². The summed E-state index contributed by atoms with van der Waals surface area (Å²) in [5, 5.41) is 3.11. The van der Waals surface area contributed by atoms with Gasteiger partial charge in [-0.1, -0.05) is 54.8 Å². The van der Waals surface area contributed by atoms with Crippen molar-refractivity contribution < 1.29 is 13.2 Å². The molecule has 1 aliphatic rings. The third kappa shape index (κ3) is 6.54. The van der Waals surface area contributed by atoms with Gasteiger partial charge in [0.25, 0.3) is 0 Å². The number of rotatable bonds is 10. The van der Waals surface area contributed by atoms with E-state index in [0.29, 0.717) is 29.7 Å². The van der Waals surface area contributed by atoms with Crippen LogP contribution in [0.25, 0.3) is 0 Å². The molecule has 0 bridgehead atoms. The Bertz CT molecular complexity index is 1010. The lowest BCUT2D eigenvalue weighted by Gasteiger charge is -2.28. The van der Waals surface area contributed by atoms with Gasteiger partial charge in [0.05, 0.1) is 15.6 Å². The first-order valence-electron chi connectivity index (χ1n) is 11.1. The van der Waals surface area contributed by atoms with Gasteiger partial charge >= 0.3 is 0 Å². The maximum absolute atomic E-state index is 12.7. The molecule has 1 fully saturated rings. The minimum absolute atomic E-state index is 0.0950. The number of amides is 1. The van der Waals surface area contributed by atoms with Crippen molar-refractivity contribution in [1.29, 1.82) is 0 Å². The summed E-state index contributed by atoms with van der Waals surface area (Å²) in [6, 6.07) is 15.3. The summed E-state index contributed by atoms with van der Waals surface area (Å²) < 4.78 is 25.9. The normalized spacial score (nSPS) is 14.9. The van der Waals surface area contributed by atoms with Crippen molar-refractivity contribution in [2.45, 2.75) is 49.5 Å². The Morgan fingerprint density at radius 2 is 1.75 bits per heavy atom. The molecule has 3 rings (SSSR count). The lowest BCUT2D eigenvalue weighted by molar-refractivity contribution is -0.116. The second-order valence-corrected chi connectivity index (χ2v) is 11.0. The molecule has 0 atom stereocenters. The molecule has 0 spiro atoms. The molecule has 32 heavy (non-hydrogen) atoms. The maximum Gasteiger partial charge on any atom is 0.242 e. The minimum atomic E-state index is -3.61. The average Bonchev–Trinajstić information content (AvgIpc) is 3.30. The highest BCUT2D eigenvalue weighted by Gasteiger charge is 2.23. The topological polar surface area (TPSA) is 69.7 Å². The van der Waals surface area contributed by atoms with Crippen molar-refractivity contribution in [1.82, 2.24) is 9.21 Å². The molecule has 8 heteroatoms. The van der Waals surface area contributed by atoms with E-state index in [2.05, 4.69) is 34.5 Å². The Balaban J connectivity index is 1.62. The predicted octanol–water partition coefficient (Wildman–Crippen LogP) is 4.41. The Hall–Kier alpha value is -1.93. The highest BCUT2D eigenvalue weighted by atomic mass is 35.5. The number of anilines is 1. The number of sulfonamides is 1. The summed E-state index contributed by atoms with van der Waals surface area (Å²) in [4.78, 5) is 15.2. The molecule has 2 aromatic rings. The fraction of sp³-hybridized carbons (Fsp3) is 0.458. The van der Waals surface area contributed by atoms with E-state index in [1.165, 1.54) is 63.5 Å². The van der Waals surface area contributed by atoms with Crippen molar-refractivity contribution in [3.8, 4) is 0 Å². The number of hydrogen-bond donors (Lipinski definition) is 1. The fourth-order valence-corrected chi connectivity index (χ4v) is 5.19. The standard InChI is InChI=1S/C24H32ClN3O3S/c1-27(2)32(30,31)21-12-13-22(25)23(18-21)26-24(29)15-17-28(20-10-6-7-11-20)16-14-19-8-4-3-5-9-19/h3-5,8-9,12-13,18,20H,6-7,10-11,14-17H2,1-2H3,(H,26,29). The summed E-state index contributed by atoms with van der Waals surface area (Å²) in [5.41, 5.74) is 1.61. The van der Waals surface area contributed by atoms with Crippen LogP contribution in [0, 0.1) is 0 Å². The van der Waals surface area contributed by atoms with Gasteiger partial charge in [0.2, 0.25) is 15.9 Å². The first kappa shape index (κ1) is 24.7. The lowest BCUT2D eigenvalue weighted by atomic mass is 10.1. The largest absolute Gasteiger partial charge is 0.325 e. The number of carbonyl (C=O) groups excluding carboxylic acids is 1. The van der Waals surface area contributed by atoms with E-state index in [4.69, 9.17) is 11.6 Å². The zero-order valence-electron chi connectivity index (χ0n) is 18.8. The highest BCUT2D eigenvalue weighted by molar-refractivity contribution is 7.89. The van der Waals surface area contributed by atoms with Crippen molar-refractivity contribution in [3.05, 3.63) is 59.1 Å². The summed E-state index contributed by atoms with van der Waals surface area (Å²) in [6.07, 6.45) is 6.10. The average molecular weight is 478 g/mol. The molecular formula is C24H32ClN3O3S. The fourth-order valence-electron chi connectivity index (χ4n) is 4.09. The molecule has 1 amide bonds. The van der Waals surface area contributed by atoms with Crippen LogP contribution in [0.2, 0.25) is 5.02 Å². The number of benzene rings is 2. The number of halogens is 1. The summed E-state index contributed by atoms with van der Waals surface area (Å²) >= 11 is 6.22. The molecular weight excluding hydrogens is 446 g/mol. The summed E-state index contributed by atoms with van der Waals surface area (Å²) in [6.45, 7) is 1.58. The Labute approximate surface area is 196 Å². The van der Waals surface area contributed by atoms with Crippen LogP contribution in [0.4, 0.5) is 5.69 Å². The van der Waals surface area contributed by atoms with Crippen molar-refractivity contribution in [2.24, 2.45) is 0 Å². The van der Waals surface area contributed by atoms with Gasteiger partial charge in [0.1, 0.15) is 0 Å². The molecule has 1 N–H and O–H groups in total. The van der Waals surface area contributed by atoms with Gasteiger partial charge in [-0.25, -0.2) is 12.7 Å². The zero-order valence-corrected chi connectivity index (χ0v) is 20.3. The number of hydrogen-bond acceptors (Lipinski definition) is 4. The molecule has 0 radical (unpaired) electrons. The molecule has 0 aliphatic heterocycles. The molecule has 1 saturated carbocycles. The maximum atomic E-state index is 12.7. The van der Waals surface area contributed by atoms with Crippen LogP contribution in [0.5, 0.6) is 0 Å². The van der Waals surface area contributed by atoms with E-state index >= 15 is 0 Å². The van der Waals surface area contributed by atoms with E-state index < -0.39 is 10.0 Å². The first-order chi connectivity index (χ1) is 15.3. The van der Waals surface area contributed by atoms with Crippen LogP contribution in [0.15, 0.2) is 53.4 Å². The van der Waals surface area contributed by atoms with Crippen LogP contribution >= 0.6 is 11.6 Å². The monoisotopic (exact) mass is 477 g/mol. The number of nitrogens with zero attached hydrogens (tertiary/aromatic N) is 2. The van der Waals surface area contributed by atoms with Crippen molar-refractivity contribution in [3.63, 3.8) is 0 Å². The van der Waals surface area contributed by atoms with Crippen LogP contribution in [0.3, 0.4) is 0 Å². The van der Waals surface area contributed by atoms with E-state index in [1.807, 2.05) is 6.07 Å². The molecule has 1 aliphatic carbocycles. The van der Waals surface area contributed by atoms with Gasteiger partial charge in [-0.05, 0) is 43.0 Å². The molecule has 0 saturated heterocycles. The molecule has 2 aromatic carbocycles. The first-order valence-corrected chi connectivity index (χ1v) is 12.9. The lowest BCUT2D eigenvalue weighted by Crippen LogP contribution is -2.37. The zero-order chi connectivity index (χ0) is 23.1. The van der Waals surface area contributed by atoms with Gasteiger partial charge in [-0.3, -0.25) is 9.69 Å². The van der Waals surface area contributed by atoms with Gasteiger partial charge in [-0.15, -0.1) is 0 Å². The molecule has 0 aromatic heterocycles. The Morgan fingerprint density at radius 3 is 2.41 bits per heavy atom. The van der Waals surface area contributed by atoms with E-state index in [0.717, 1.165) is 17.3 Å². The molecule has 0 unspecified atom stereocenters. The second-order valence-electron chi connectivity index (χ2n) is 8.44. The Kier molecular flexibility index (Phi) is 8.71. The summed E-state index contributed by atoms with van der Waals surface area (Å²) in [5.74, 6) is -0.172. The second kappa shape index (κ2) is 11.3. The van der Waals surface area contributed by atoms with Crippen LogP contribution in [0.1, 0.15) is 37.7 Å². The van der Waals surface area contributed by atoms with Gasteiger partial charge in [-0.2, -0.15) is 0 Å². The van der Waals surface area contributed by atoms with Gasteiger partial charge < -0.3 is 5.32 Å². The third-order valence-electron chi connectivity index (χ3n) is 5.99. The highest BCUT2D eigenvalue weighted by Crippen LogP contribution is 2.27. The smallest absolute Gasteiger partial charge is 0.242 e. The molecule has 174 valence electrons. The van der Waals surface area contributed by atoms with Crippen molar-refractivity contribution in [2.75, 3.05) is 32.5 Å². The van der Waals surface area contributed by atoms with E-state index in [1.54, 1.807) is 0 Å². The minimum Gasteiger partial charge on any atom is -0.325 e. The summed E-state index contributed by atoms with van der Waals surface area (Å²) in [7, 11) is -0.672. The van der Waals surface area contributed by atoms with Gasteiger partial charge in [0.15, 0.2) is 0 Å². The molecule has 0 heterocycles. The Morgan fingerprint density at radius 1 is 1.06 bits per heavy atom. The number of nitrogens with one attached hydrogen (secondary N) is 1. The predicted molar refractivity (Wildman–Crippen MR) is 130 cm³/mol. The van der Waals surface area contributed by atoms with Crippen LogP contribution in [-0.4, -0.2) is 56.8 Å². The van der Waals surface area contributed by atoms with Crippen LogP contribution in [-0.2, 0) is 21.2 Å². The SMILES string of the molecule is CN(C)S(=O)(=O)c1ccc(Cl)c(NC(=O)CCN(CCc2ccccc2)C2CCCC2)c1. The van der Waals surface area contributed by atoms with E-state index in [-0.39, 0.29) is 10.8 Å². The quantitative estimate of drug-likeness (QED) is 0.550. The van der Waals surface area contributed by atoms with Crippen molar-refractivity contribution >= 4 is 33.2 Å². The number of carbonyl (C=O) groups is 1. The third-order valence-corrected chi connectivity index (χ3v) is 8.13. The molecule has 6 nitrogen and oxygen atoms in total. The van der Waals surface area contributed by atoms with Gasteiger partial charge in [0, 0.05) is 39.6 Å².